The van der Waals surface area contributed by atoms with E-state index in [1.54, 1.807) is 0 Å². The smallest absolute Gasteiger partial charge is 0.0152 e. The topological polar surface area (TPSA) is 0 Å². The minimum atomic E-state index is 0.663. The molecule has 0 nitrogen and oxygen atoms in total. The number of fused-ring (bicyclic) bond motifs is 2. The van der Waals surface area contributed by atoms with Crippen molar-refractivity contribution in [3.8, 4) is 0 Å². The number of rotatable bonds is 0. The Hall–Kier alpha value is -0.230. The monoisotopic (exact) mass is 140 g/mol. The van der Waals surface area contributed by atoms with Crippen molar-refractivity contribution in [1.82, 2.24) is 0 Å². The summed E-state index contributed by atoms with van der Waals surface area (Å²) >= 11 is 5.87. The van der Waals surface area contributed by atoms with E-state index in [-0.39, 0.29) is 0 Å². The molecular weight excluding hydrogens is 132 g/mol. The molecule has 2 rings (SSSR count). The van der Waals surface area contributed by atoms with Crippen LogP contribution in [0.2, 0.25) is 0 Å². The zero-order valence-corrected chi connectivity index (χ0v) is 5.93. The van der Waals surface area contributed by atoms with Gasteiger partial charge >= 0.3 is 0 Å². The standard InChI is InChI=1S/C8H9Cl/c9-8-4-6-1-2-7(3-6)5-8/h1-2,4,6-7H,3,5H2. The Kier molecular flexibility index (Phi) is 1.16. The van der Waals surface area contributed by atoms with Crippen molar-refractivity contribution in [1.29, 1.82) is 0 Å². The number of hydrogen-bond donors (Lipinski definition) is 0. The van der Waals surface area contributed by atoms with Gasteiger partial charge in [-0.25, -0.2) is 0 Å². The van der Waals surface area contributed by atoms with E-state index in [1.165, 1.54) is 6.42 Å². The molecule has 0 fully saturated rings. The molecule has 0 amide bonds. The van der Waals surface area contributed by atoms with Crippen molar-refractivity contribution in [3.63, 3.8) is 0 Å². The van der Waals surface area contributed by atoms with Crippen molar-refractivity contribution in [2.45, 2.75) is 12.8 Å². The Bertz CT molecular complexity index is 179. The van der Waals surface area contributed by atoms with Gasteiger partial charge in [-0.15, -0.1) is 0 Å². The first kappa shape index (κ1) is 5.55. The van der Waals surface area contributed by atoms with Crippen molar-refractivity contribution >= 4 is 11.6 Å². The molecular formula is C8H9Cl. The first-order chi connectivity index (χ1) is 4.34. The van der Waals surface area contributed by atoms with Gasteiger partial charge in [0.15, 0.2) is 0 Å². The Morgan fingerprint density at radius 1 is 1.44 bits per heavy atom. The molecule has 2 aliphatic rings. The maximum Gasteiger partial charge on any atom is 0.0152 e. The van der Waals surface area contributed by atoms with Gasteiger partial charge in [0.1, 0.15) is 0 Å². The molecule has 2 bridgehead atoms. The highest BCUT2D eigenvalue weighted by atomic mass is 35.5. The third-order valence-corrected chi connectivity index (χ3v) is 2.34. The van der Waals surface area contributed by atoms with Crippen LogP contribution in [-0.2, 0) is 0 Å². The lowest BCUT2D eigenvalue weighted by atomic mass is 9.94. The minimum absolute atomic E-state index is 0.663. The summed E-state index contributed by atoms with van der Waals surface area (Å²) in [5.74, 6) is 1.42. The average molecular weight is 141 g/mol. The predicted octanol–water partition coefficient (Wildman–Crippen LogP) is 2.71. The summed E-state index contributed by atoms with van der Waals surface area (Å²) in [5.41, 5.74) is 0. The number of hydrogen-bond acceptors (Lipinski definition) is 0. The third kappa shape index (κ3) is 0.920. The molecule has 2 atom stereocenters. The first-order valence-electron chi connectivity index (χ1n) is 3.39. The molecule has 48 valence electrons. The molecule has 0 saturated carbocycles. The van der Waals surface area contributed by atoms with Crippen LogP contribution in [0, 0.1) is 11.8 Å². The van der Waals surface area contributed by atoms with E-state index in [1.807, 2.05) is 0 Å². The average Bonchev–Trinajstić information content (AvgIpc) is 2.11. The van der Waals surface area contributed by atoms with E-state index in [0.717, 1.165) is 17.4 Å². The van der Waals surface area contributed by atoms with Gasteiger partial charge in [-0.3, -0.25) is 0 Å². The SMILES string of the molecule is ClC1=CC2C=CC(C1)C2. The minimum Gasteiger partial charge on any atom is -0.0895 e. The molecule has 0 aromatic heterocycles. The van der Waals surface area contributed by atoms with Crippen LogP contribution < -0.4 is 0 Å². The summed E-state index contributed by atoms with van der Waals surface area (Å²) in [5, 5.41) is 1.06. The zero-order chi connectivity index (χ0) is 6.27. The fourth-order valence-corrected chi connectivity index (χ4v) is 1.99. The Balaban J connectivity index is 2.27. The van der Waals surface area contributed by atoms with Gasteiger partial charge in [0, 0.05) is 5.03 Å². The first-order valence-corrected chi connectivity index (χ1v) is 3.77. The molecule has 2 unspecified atom stereocenters. The van der Waals surface area contributed by atoms with Gasteiger partial charge in [0.2, 0.25) is 0 Å². The largest absolute Gasteiger partial charge is 0.0895 e. The van der Waals surface area contributed by atoms with Crippen molar-refractivity contribution in [3.05, 3.63) is 23.3 Å². The molecule has 0 saturated heterocycles. The van der Waals surface area contributed by atoms with E-state index in [2.05, 4.69) is 18.2 Å². The van der Waals surface area contributed by atoms with Crippen LogP contribution in [0.15, 0.2) is 23.3 Å². The van der Waals surface area contributed by atoms with Crippen molar-refractivity contribution in [2.24, 2.45) is 11.8 Å². The Morgan fingerprint density at radius 3 is 3.11 bits per heavy atom. The normalized spacial score (nSPS) is 39.0. The van der Waals surface area contributed by atoms with Gasteiger partial charge in [-0.1, -0.05) is 29.8 Å². The molecule has 0 N–H and O–H groups in total. The fraction of sp³-hybridized carbons (Fsp3) is 0.500. The van der Waals surface area contributed by atoms with Gasteiger partial charge < -0.3 is 0 Å². The zero-order valence-electron chi connectivity index (χ0n) is 5.18. The molecule has 1 heteroatoms. The Morgan fingerprint density at radius 2 is 2.33 bits per heavy atom. The Labute approximate surface area is 60.2 Å². The lowest BCUT2D eigenvalue weighted by Crippen LogP contribution is -2.02. The molecule has 0 aliphatic heterocycles. The van der Waals surface area contributed by atoms with Crippen LogP contribution in [0.25, 0.3) is 0 Å². The summed E-state index contributed by atoms with van der Waals surface area (Å²) in [6.07, 6.45) is 9.10. The highest BCUT2D eigenvalue weighted by Gasteiger charge is 2.22. The number of allylic oxidation sites excluding steroid dienone is 4. The van der Waals surface area contributed by atoms with E-state index < -0.39 is 0 Å². The van der Waals surface area contributed by atoms with Crippen LogP contribution in [-0.4, -0.2) is 0 Å². The molecule has 0 radical (unpaired) electrons. The predicted molar refractivity (Wildman–Crippen MR) is 39.3 cm³/mol. The molecule has 0 heterocycles. The van der Waals surface area contributed by atoms with Gasteiger partial charge in [-0.05, 0) is 24.7 Å². The summed E-state index contributed by atoms with van der Waals surface area (Å²) in [7, 11) is 0. The van der Waals surface area contributed by atoms with Crippen molar-refractivity contribution < 1.29 is 0 Å². The quantitative estimate of drug-likeness (QED) is 0.454. The van der Waals surface area contributed by atoms with Crippen LogP contribution in [0.5, 0.6) is 0 Å². The summed E-state index contributed by atoms with van der Waals surface area (Å²) < 4.78 is 0. The van der Waals surface area contributed by atoms with Gasteiger partial charge in [0.25, 0.3) is 0 Å². The van der Waals surface area contributed by atoms with E-state index in [0.29, 0.717) is 5.92 Å². The fourth-order valence-electron chi connectivity index (χ4n) is 1.63. The lowest BCUT2D eigenvalue weighted by Gasteiger charge is -2.14. The molecule has 2 aliphatic carbocycles. The van der Waals surface area contributed by atoms with Crippen LogP contribution >= 0.6 is 11.6 Å². The van der Waals surface area contributed by atoms with Gasteiger partial charge in [-0.2, -0.15) is 0 Å². The van der Waals surface area contributed by atoms with Gasteiger partial charge in [0.05, 0.1) is 0 Å². The van der Waals surface area contributed by atoms with Crippen LogP contribution in [0.4, 0.5) is 0 Å². The lowest BCUT2D eigenvalue weighted by molar-refractivity contribution is 0.555. The second kappa shape index (κ2) is 1.88. The van der Waals surface area contributed by atoms with E-state index >= 15 is 0 Å². The summed E-state index contributed by atoms with van der Waals surface area (Å²) in [6.45, 7) is 0. The van der Waals surface area contributed by atoms with E-state index in [9.17, 15) is 0 Å². The van der Waals surface area contributed by atoms with E-state index in [4.69, 9.17) is 11.6 Å². The maximum absolute atomic E-state index is 5.87. The second-order valence-electron chi connectivity index (χ2n) is 2.86. The molecule has 9 heavy (non-hydrogen) atoms. The molecule has 0 aromatic rings. The third-order valence-electron chi connectivity index (χ3n) is 2.06. The second-order valence-corrected chi connectivity index (χ2v) is 3.35. The molecule has 0 aromatic carbocycles. The number of halogens is 1. The summed E-state index contributed by atoms with van der Waals surface area (Å²) in [4.78, 5) is 0. The van der Waals surface area contributed by atoms with Crippen LogP contribution in [0.1, 0.15) is 12.8 Å². The van der Waals surface area contributed by atoms with Crippen LogP contribution in [0.3, 0.4) is 0 Å². The summed E-state index contributed by atoms with van der Waals surface area (Å²) in [6, 6.07) is 0. The molecule has 0 spiro atoms. The highest BCUT2D eigenvalue weighted by Crippen LogP contribution is 2.36. The highest BCUT2D eigenvalue weighted by molar-refractivity contribution is 6.29. The maximum atomic E-state index is 5.87. The van der Waals surface area contributed by atoms with Crippen molar-refractivity contribution in [2.75, 3.05) is 0 Å².